The van der Waals surface area contributed by atoms with Crippen LogP contribution in [0, 0.1) is 21.4 Å². The van der Waals surface area contributed by atoms with Gasteiger partial charge in [0.15, 0.2) is 0 Å². The summed E-state index contributed by atoms with van der Waals surface area (Å²) in [5.41, 5.74) is 2.58. The van der Waals surface area contributed by atoms with Gasteiger partial charge >= 0.3 is 5.00 Å². The fraction of sp³-hybridized carbons (Fsp3) is 0.440. The molecule has 0 spiro atoms. The zero-order valence-electron chi connectivity index (χ0n) is 19.4. The van der Waals surface area contributed by atoms with Gasteiger partial charge in [-0.05, 0) is 61.9 Å². The number of nitrogens with zero attached hydrogens (tertiary/aromatic N) is 3. The third-order valence-corrected chi connectivity index (χ3v) is 7.56. The van der Waals surface area contributed by atoms with Crippen molar-refractivity contribution in [3.8, 4) is 11.8 Å². The molecule has 2 bridgehead atoms. The first-order chi connectivity index (χ1) is 16.5. The number of aromatic nitrogens is 1. The van der Waals surface area contributed by atoms with Crippen molar-refractivity contribution >= 4 is 27.2 Å². The topological polar surface area (TPSA) is 113 Å². The Hall–Kier alpha value is -3.06. The van der Waals surface area contributed by atoms with Gasteiger partial charge in [0.25, 0.3) is 0 Å². The van der Waals surface area contributed by atoms with Crippen LogP contribution in [0.15, 0.2) is 36.5 Å². The van der Waals surface area contributed by atoms with Crippen LogP contribution in [0.3, 0.4) is 0 Å². The summed E-state index contributed by atoms with van der Waals surface area (Å²) in [6, 6.07) is 13.3. The van der Waals surface area contributed by atoms with Crippen LogP contribution in [0.2, 0.25) is 0 Å². The molecule has 5 rings (SSSR count). The molecule has 0 amide bonds. The Morgan fingerprint density at radius 3 is 2.68 bits per heavy atom. The second-order valence-corrected chi connectivity index (χ2v) is 9.83. The van der Waals surface area contributed by atoms with Crippen molar-refractivity contribution in [1.29, 1.82) is 5.26 Å². The highest BCUT2D eigenvalue weighted by molar-refractivity contribution is 7.15. The van der Waals surface area contributed by atoms with Crippen LogP contribution in [0.1, 0.15) is 48.6 Å². The summed E-state index contributed by atoms with van der Waals surface area (Å²) in [5, 5.41) is 28.0. The third kappa shape index (κ3) is 5.53. The lowest BCUT2D eigenvalue weighted by atomic mass is 10.00. The van der Waals surface area contributed by atoms with E-state index in [-0.39, 0.29) is 9.92 Å². The number of aryl methyl sites for hydroxylation is 1. The molecule has 2 aliphatic heterocycles. The number of piperidine rings is 1. The van der Waals surface area contributed by atoms with Crippen LogP contribution in [-0.4, -0.2) is 35.1 Å². The zero-order chi connectivity index (χ0) is 24.1. The van der Waals surface area contributed by atoms with Crippen molar-refractivity contribution in [2.24, 2.45) is 0 Å². The van der Waals surface area contributed by atoms with Crippen LogP contribution >= 0.6 is 11.3 Å². The molecule has 0 saturated carbocycles. The molecule has 2 unspecified atom stereocenters. The average Bonchev–Trinajstić information content (AvgIpc) is 3.48. The van der Waals surface area contributed by atoms with Crippen molar-refractivity contribution in [2.75, 3.05) is 7.11 Å². The number of nitriles is 1. The summed E-state index contributed by atoms with van der Waals surface area (Å²) in [7, 11) is 1.63. The number of methoxy groups -OCH3 is 1. The van der Waals surface area contributed by atoms with Crippen LogP contribution in [0.25, 0.3) is 10.9 Å². The predicted molar refractivity (Wildman–Crippen MR) is 133 cm³/mol. The number of hydrogen-bond donors (Lipinski definition) is 2. The zero-order valence-corrected chi connectivity index (χ0v) is 20.2. The molecule has 0 radical (unpaired) electrons. The molecular formula is C25H29N5O3S. The Morgan fingerprint density at radius 2 is 2.06 bits per heavy atom. The smallest absolute Gasteiger partial charge is 0.324 e. The van der Waals surface area contributed by atoms with Gasteiger partial charge in [-0.15, -0.1) is 0 Å². The van der Waals surface area contributed by atoms with Gasteiger partial charge in [0.05, 0.1) is 23.1 Å². The van der Waals surface area contributed by atoms with Gasteiger partial charge in [0.2, 0.25) is 0 Å². The summed E-state index contributed by atoms with van der Waals surface area (Å²) in [5.74, 6) is 0.791. The lowest BCUT2D eigenvalue weighted by Gasteiger charge is -2.29. The molecule has 0 aliphatic carbocycles. The van der Waals surface area contributed by atoms with Crippen molar-refractivity contribution in [3.05, 3.63) is 62.6 Å². The summed E-state index contributed by atoms with van der Waals surface area (Å²) < 4.78 is 5.18. The summed E-state index contributed by atoms with van der Waals surface area (Å²) >= 11 is 1.27. The highest BCUT2D eigenvalue weighted by Crippen LogP contribution is 2.28. The van der Waals surface area contributed by atoms with Crippen LogP contribution in [0.5, 0.6) is 5.75 Å². The van der Waals surface area contributed by atoms with Crippen molar-refractivity contribution in [2.45, 2.75) is 63.7 Å². The molecular weight excluding hydrogens is 450 g/mol. The molecule has 2 fully saturated rings. The monoisotopic (exact) mass is 479 g/mol. The number of pyridine rings is 1. The third-order valence-electron chi connectivity index (χ3n) is 6.53. The fourth-order valence-electron chi connectivity index (χ4n) is 4.86. The highest BCUT2D eigenvalue weighted by Gasteiger charge is 2.33. The van der Waals surface area contributed by atoms with Gasteiger partial charge in [-0.25, -0.2) is 0 Å². The molecule has 9 heteroatoms. The molecule has 2 aliphatic rings. The van der Waals surface area contributed by atoms with E-state index in [1.165, 1.54) is 37.0 Å². The number of thiophene rings is 1. The van der Waals surface area contributed by atoms with E-state index < -0.39 is 0 Å². The number of fused-ring (bicyclic) bond motifs is 3. The van der Waals surface area contributed by atoms with Crippen molar-refractivity contribution < 1.29 is 9.66 Å². The van der Waals surface area contributed by atoms with E-state index in [2.05, 4.69) is 21.7 Å². The Balaban J connectivity index is 0.000000162. The van der Waals surface area contributed by atoms with Gasteiger partial charge in [0, 0.05) is 47.2 Å². The van der Waals surface area contributed by atoms with Gasteiger partial charge in [-0.3, -0.25) is 15.1 Å². The largest absolute Gasteiger partial charge is 0.497 e. The minimum atomic E-state index is -0.321. The number of benzene rings is 1. The van der Waals surface area contributed by atoms with E-state index in [0.717, 1.165) is 40.1 Å². The van der Waals surface area contributed by atoms with Crippen LogP contribution < -0.4 is 15.4 Å². The van der Waals surface area contributed by atoms with Gasteiger partial charge < -0.3 is 15.4 Å². The maximum absolute atomic E-state index is 10.6. The number of rotatable bonds is 6. The summed E-state index contributed by atoms with van der Waals surface area (Å²) in [6.07, 6.45) is 7.41. The molecule has 2 atom stereocenters. The Bertz CT molecular complexity index is 1190. The van der Waals surface area contributed by atoms with Crippen molar-refractivity contribution in [1.82, 2.24) is 15.6 Å². The van der Waals surface area contributed by atoms with Crippen LogP contribution in [0.4, 0.5) is 5.00 Å². The molecule has 3 aromatic rings. The van der Waals surface area contributed by atoms with Crippen LogP contribution in [-0.2, 0) is 13.0 Å². The van der Waals surface area contributed by atoms with Crippen molar-refractivity contribution in [3.63, 3.8) is 0 Å². The first-order valence-electron chi connectivity index (χ1n) is 11.6. The summed E-state index contributed by atoms with van der Waals surface area (Å²) in [6.45, 7) is 2.79. The Morgan fingerprint density at radius 1 is 1.29 bits per heavy atom. The quantitative estimate of drug-likeness (QED) is 0.389. The van der Waals surface area contributed by atoms with E-state index in [1.54, 1.807) is 19.4 Å². The van der Waals surface area contributed by atoms with Gasteiger partial charge in [0.1, 0.15) is 11.8 Å². The van der Waals surface area contributed by atoms with E-state index in [4.69, 9.17) is 10.00 Å². The average molecular weight is 480 g/mol. The molecule has 1 aromatic carbocycles. The molecule has 178 valence electrons. The normalized spacial score (nSPS) is 20.9. The van der Waals surface area contributed by atoms with E-state index >= 15 is 0 Å². The highest BCUT2D eigenvalue weighted by atomic mass is 32.1. The Kier molecular flexibility index (Phi) is 7.73. The second-order valence-electron chi connectivity index (χ2n) is 8.68. The lowest BCUT2D eigenvalue weighted by Crippen LogP contribution is -2.45. The number of nitrogens with one attached hydrogen (secondary N) is 2. The SMILES string of the molecule is CCc1c(C#N)cnc2ccc(OC)cc12.O=[N+]([O-])c1ccc(CNC2CC3CCC(C2)N3)s1. The van der Waals surface area contributed by atoms with Gasteiger partial charge in [-0.1, -0.05) is 18.3 Å². The van der Waals surface area contributed by atoms with E-state index in [0.29, 0.717) is 23.7 Å². The first kappa shape index (κ1) is 24.1. The second kappa shape index (κ2) is 10.9. The fourth-order valence-corrected chi connectivity index (χ4v) is 5.63. The predicted octanol–water partition coefficient (Wildman–Crippen LogP) is 4.71. The number of hydrogen-bond acceptors (Lipinski definition) is 8. The maximum atomic E-state index is 10.6. The summed E-state index contributed by atoms with van der Waals surface area (Å²) in [4.78, 5) is 15.6. The minimum absolute atomic E-state index is 0.234. The standard InChI is InChI=1S/C13H12N2O.C12H17N3O2S/c1-3-11-9(7-14)8-15-13-5-4-10(16-2)6-12(11)13;16-15(17)12-4-3-11(18-12)7-13-10-5-8-1-2-9(6-10)14-8/h4-6,8H,3H2,1-2H3;3-4,8-10,13-14H,1-2,5-7H2. The Labute approximate surface area is 203 Å². The molecule has 8 nitrogen and oxygen atoms in total. The molecule has 34 heavy (non-hydrogen) atoms. The number of nitro groups is 1. The minimum Gasteiger partial charge on any atom is -0.497 e. The van der Waals surface area contributed by atoms with E-state index in [1.807, 2.05) is 31.2 Å². The van der Waals surface area contributed by atoms with E-state index in [9.17, 15) is 10.1 Å². The number of ether oxygens (including phenoxy) is 1. The molecule has 2 saturated heterocycles. The first-order valence-corrected chi connectivity index (χ1v) is 12.4. The molecule has 2 aromatic heterocycles. The molecule has 4 heterocycles. The lowest BCUT2D eigenvalue weighted by molar-refractivity contribution is -0.380. The van der Waals surface area contributed by atoms with Gasteiger partial charge in [-0.2, -0.15) is 5.26 Å². The molecule has 2 N–H and O–H groups in total. The maximum Gasteiger partial charge on any atom is 0.324 e.